The average Bonchev–Trinajstić information content (AvgIpc) is 2.17. The molecular formula is C12H15BrOS. The van der Waals surface area contributed by atoms with E-state index in [0.717, 1.165) is 5.56 Å². The smallest absolute Gasteiger partial charge is 0.147 e. The minimum absolute atomic E-state index is 0.138. The van der Waals surface area contributed by atoms with Gasteiger partial charge in [0.15, 0.2) is 0 Å². The predicted molar refractivity (Wildman–Crippen MR) is 69.8 cm³/mol. The number of hydrogen-bond acceptors (Lipinski definition) is 2. The molecule has 0 aliphatic carbocycles. The van der Waals surface area contributed by atoms with Crippen molar-refractivity contribution in [1.82, 2.24) is 0 Å². The van der Waals surface area contributed by atoms with Crippen molar-refractivity contribution in [3.8, 4) is 0 Å². The van der Waals surface area contributed by atoms with E-state index >= 15 is 0 Å². The third-order valence-corrected chi connectivity index (χ3v) is 4.09. The molecule has 1 atom stereocenters. The molecule has 1 nitrogen and oxygen atoms in total. The molecule has 0 N–H and O–H groups in total. The zero-order valence-corrected chi connectivity index (χ0v) is 11.6. The van der Waals surface area contributed by atoms with Crippen molar-refractivity contribution in [3.05, 3.63) is 29.8 Å². The van der Waals surface area contributed by atoms with E-state index in [4.69, 9.17) is 0 Å². The second kappa shape index (κ2) is 5.71. The molecule has 0 saturated heterocycles. The summed E-state index contributed by atoms with van der Waals surface area (Å²) in [6, 6.07) is 8.14. The van der Waals surface area contributed by atoms with Crippen LogP contribution in [-0.2, 0) is 4.79 Å². The summed E-state index contributed by atoms with van der Waals surface area (Å²) >= 11 is 5.20. The van der Waals surface area contributed by atoms with Crippen molar-refractivity contribution in [3.63, 3.8) is 0 Å². The highest BCUT2D eigenvalue weighted by Gasteiger charge is 2.11. The first-order chi connectivity index (χ1) is 7.00. The Morgan fingerprint density at radius 3 is 2.20 bits per heavy atom. The summed E-state index contributed by atoms with van der Waals surface area (Å²) in [6.45, 7) is 5.93. The minimum Gasteiger partial charge on any atom is -0.298 e. The zero-order chi connectivity index (χ0) is 11.4. The summed E-state index contributed by atoms with van der Waals surface area (Å²) in [5, 5.41) is 0.587. The Bertz CT molecular complexity index is 332. The summed E-state index contributed by atoms with van der Waals surface area (Å²) < 4.78 is 0. The van der Waals surface area contributed by atoms with Crippen molar-refractivity contribution >= 4 is 33.5 Å². The van der Waals surface area contributed by atoms with Gasteiger partial charge in [0.25, 0.3) is 0 Å². The second-order valence-electron chi connectivity index (χ2n) is 3.71. The van der Waals surface area contributed by atoms with Crippen LogP contribution in [0.4, 0.5) is 0 Å². The largest absolute Gasteiger partial charge is 0.298 e. The quantitative estimate of drug-likeness (QED) is 0.609. The van der Waals surface area contributed by atoms with Gasteiger partial charge in [-0.15, -0.1) is 11.8 Å². The molecule has 0 aromatic heterocycles. The van der Waals surface area contributed by atoms with Gasteiger partial charge in [0.05, 0.1) is 4.83 Å². The second-order valence-corrected chi connectivity index (χ2v) is 6.27. The number of alkyl halides is 1. The molecule has 0 amide bonds. The van der Waals surface area contributed by atoms with Crippen LogP contribution in [0.15, 0.2) is 29.2 Å². The number of benzene rings is 1. The number of Topliss-reactive ketones (excluding diaryl/α,β-unsaturated/α-hetero) is 1. The first-order valence-corrected chi connectivity index (χ1v) is 6.71. The molecule has 1 aromatic carbocycles. The van der Waals surface area contributed by atoms with Crippen LogP contribution in [0.3, 0.4) is 0 Å². The van der Waals surface area contributed by atoms with Crippen LogP contribution in [0.1, 0.15) is 31.2 Å². The van der Waals surface area contributed by atoms with Crippen LogP contribution >= 0.6 is 27.7 Å². The SMILES string of the molecule is CC(=O)C(Br)c1ccc(SC(C)C)cc1. The lowest BCUT2D eigenvalue weighted by molar-refractivity contribution is -0.116. The number of halogens is 1. The highest BCUT2D eigenvalue weighted by Crippen LogP contribution is 2.28. The maximum Gasteiger partial charge on any atom is 0.147 e. The van der Waals surface area contributed by atoms with E-state index < -0.39 is 0 Å². The van der Waals surface area contributed by atoms with Gasteiger partial charge in [-0.05, 0) is 24.6 Å². The average molecular weight is 287 g/mol. The number of carbonyl (C=O) groups excluding carboxylic acids is 1. The monoisotopic (exact) mass is 286 g/mol. The fraction of sp³-hybridized carbons (Fsp3) is 0.417. The molecule has 15 heavy (non-hydrogen) atoms. The van der Waals surface area contributed by atoms with Gasteiger partial charge in [0.2, 0.25) is 0 Å². The lowest BCUT2D eigenvalue weighted by Crippen LogP contribution is -2.00. The molecule has 1 rings (SSSR count). The first kappa shape index (κ1) is 12.8. The van der Waals surface area contributed by atoms with Gasteiger partial charge in [0.1, 0.15) is 5.78 Å². The number of rotatable bonds is 4. The molecule has 1 aromatic rings. The standard InChI is InChI=1S/C12H15BrOS/c1-8(2)15-11-6-4-10(5-7-11)12(13)9(3)14/h4-8,12H,1-3H3. The third kappa shape index (κ3) is 3.99. The molecule has 0 fully saturated rings. The van der Waals surface area contributed by atoms with E-state index in [2.05, 4.69) is 41.9 Å². The predicted octanol–water partition coefficient (Wildman–Crippen LogP) is 4.21. The van der Waals surface area contributed by atoms with Gasteiger partial charge in [0, 0.05) is 10.1 Å². The Balaban J connectivity index is 2.76. The van der Waals surface area contributed by atoms with Gasteiger partial charge in [-0.25, -0.2) is 0 Å². The Morgan fingerprint density at radius 1 is 1.27 bits per heavy atom. The van der Waals surface area contributed by atoms with E-state index in [1.165, 1.54) is 4.90 Å². The number of carbonyl (C=O) groups is 1. The summed E-state index contributed by atoms with van der Waals surface area (Å²) in [6.07, 6.45) is 0. The molecule has 82 valence electrons. The van der Waals surface area contributed by atoms with Gasteiger partial charge in [-0.2, -0.15) is 0 Å². The van der Waals surface area contributed by atoms with Crippen LogP contribution in [0.25, 0.3) is 0 Å². The van der Waals surface area contributed by atoms with Crippen molar-refractivity contribution in [1.29, 1.82) is 0 Å². The van der Waals surface area contributed by atoms with Crippen LogP contribution in [0.5, 0.6) is 0 Å². The Kier molecular flexibility index (Phi) is 4.87. The summed E-state index contributed by atoms with van der Waals surface area (Å²) in [4.78, 5) is 12.2. The van der Waals surface area contributed by atoms with Crippen LogP contribution in [-0.4, -0.2) is 11.0 Å². The summed E-state index contributed by atoms with van der Waals surface area (Å²) in [5.41, 5.74) is 1.02. The van der Waals surface area contributed by atoms with Crippen molar-refractivity contribution in [2.24, 2.45) is 0 Å². The van der Waals surface area contributed by atoms with Gasteiger partial charge in [-0.1, -0.05) is 41.9 Å². The van der Waals surface area contributed by atoms with Crippen molar-refractivity contribution in [2.45, 2.75) is 35.7 Å². The summed E-state index contributed by atoms with van der Waals surface area (Å²) in [5.74, 6) is 0.138. The molecule has 3 heteroatoms. The lowest BCUT2D eigenvalue weighted by atomic mass is 10.1. The Morgan fingerprint density at radius 2 is 1.80 bits per heavy atom. The van der Waals surface area contributed by atoms with E-state index in [0.29, 0.717) is 5.25 Å². The Labute approximate surface area is 104 Å². The third-order valence-electron chi connectivity index (χ3n) is 1.90. The minimum atomic E-state index is -0.171. The van der Waals surface area contributed by atoms with Crippen LogP contribution in [0, 0.1) is 0 Å². The summed E-state index contributed by atoms with van der Waals surface area (Å²) in [7, 11) is 0. The molecule has 0 aliphatic rings. The molecule has 1 unspecified atom stereocenters. The van der Waals surface area contributed by atoms with Gasteiger partial charge >= 0.3 is 0 Å². The fourth-order valence-corrected chi connectivity index (χ4v) is 2.37. The topological polar surface area (TPSA) is 17.1 Å². The van der Waals surface area contributed by atoms with Gasteiger partial charge in [-0.3, -0.25) is 4.79 Å². The van der Waals surface area contributed by atoms with E-state index in [1.54, 1.807) is 6.92 Å². The molecule has 0 radical (unpaired) electrons. The fourth-order valence-electron chi connectivity index (χ4n) is 1.22. The zero-order valence-electron chi connectivity index (χ0n) is 9.16. The normalized spacial score (nSPS) is 12.9. The molecule has 0 spiro atoms. The first-order valence-electron chi connectivity index (χ1n) is 4.92. The highest BCUT2D eigenvalue weighted by atomic mass is 79.9. The van der Waals surface area contributed by atoms with Crippen molar-refractivity contribution in [2.75, 3.05) is 0 Å². The van der Waals surface area contributed by atoms with Crippen LogP contribution < -0.4 is 0 Å². The molecule has 0 heterocycles. The lowest BCUT2D eigenvalue weighted by Gasteiger charge is -2.08. The van der Waals surface area contributed by atoms with Crippen LogP contribution in [0.2, 0.25) is 0 Å². The maximum absolute atomic E-state index is 11.2. The number of thioether (sulfide) groups is 1. The van der Waals surface area contributed by atoms with E-state index in [-0.39, 0.29) is 10.6 Å². The van der Waals surface area contributed by atoms with E-state index in [1.807, 2.05) is 23.9 Å². The molecule has 0 saturated carbocycles. The highest BCUT2D eigenvalue weighted by molar-refractivity contribution is 9.09. The van der Waals surface area contributed by atoms with Crippen molar-refractivity contribution < 1.29 is 4.79 Å². The molecular weight excluding hydrogens is 272 g/mol. The maximum atomic E-state index is 11.2. The molecule has 0 bridgehead atoms. The Hall–Kier alpha value is -0.280. The van der Waals surface area contributed by atoms with E-state index in [9.17, 15) is 4.79 Å². The number of hydrogen-bond donors (Lipinski definition) is 0. The van der Waals surface area contributed by atoms with Gasteiger partial charge < -0.3 is 0 Å². The molecule has 0 aliphatic heterocycles. The number of ketones is 1.